The second-order valence-corrected chi connectivity index (χ2v) is 6.06. The number of ether oxygens (including phenoxy) is 2. The van der Waals surface area contributed by atoms with Crippen molar-refractivity contribution in [3.05, 3.63) is 23.8 Å². The molecule has 1 heterocycles. The summed E-state index contributed by atoms with van der Waals surface area (Å²) >= 11 is 0. The lowest BCUT2D eigenvalue weighted by molar-refractivity contribution is -0.125. The zero-order valence-electron chi connectivity index (χ0n) is 12.6. The van der Waals surface area contributed by atoms with Gasteiger partial charge >= 0.3 is 0 Å². The Labute approximate surface area is 125 Å². The van der Waals surface area contributed by atoms with Crippen LogP contribution in [0.5, 0.6) is 11.5 Å². The third-order valence-electron chi connectivity index (χ3n) is 4.67. The Hall–Kier alpha value is -1.71. The summed E-state index contributed by atoms with van der Waals surface area (Å²) in [6, 6.07) is 5.95. The Morgan fingerprint density at radius 1 is 1.29 bits per heavy atom. The summed E-state index contributed by atoms with van der Waals surface area (Å²) in [7, 11) is 0. The van der Waals surface area contributed by atoms with Crippen molar-refractivity contribution in [3.63, 3.8) is 0 Å². The van der Waals surface area contributed by atoms with Gasteiger partial charge in [-0.15, -0.1) is 0 Å². The normalized spacial score (nSPS) is 18.7. The number of amides is 1. The van der Waals surface area contributed by atoms with E-state index in [1.807, 2.05) is 18.2 Å². The van der Waals surface area contributed by atoms with Gasteiger partial charge in [-0.05, 0) is 42.9 Å². The lowest BCUT2D eigenvalue weighted by Crippen LogP contribution is -2.33. The van der Waals surface area contributed by atoms with Crippen LogP contribution in [0.2, 0.25) is 0 Å². The van der Waals surface area contributed by atoms with Gasteiger partial charge in [-0.2, -0.15) is 0 Å². The van der Waals surface area contributed by atoms with Crippen LogP contribution in [0.4, 0.5) is 0 Å². The number of nitrogens with one attached hydrogen (secondary N) is 1. The van der Waals surface area contributed by atoms with Crippen LogP contribution in [0.3, 0.4) is 0 Å². The molecule has 4 heteroatoms. The smallest absolute Gasteiger partial charge is 0.231 e. The van der Waals surface area contributed by atoms with Crippen molar-refractivity contribution in [1.29, 1.82) is 0 Å². The summed E-state index contributed by atoms with van der Waals surface area (Å²) in [4.78, 5) is 12.2. The van der Waals surface area contributed by atoms with Crippen LogP contribution in [0.25, 0.3) is 0 Å². The highest BCUT2D eigenvalue weighted by atomic mass is 16.7. The highest BCUT2D eigenvalue weighted by Gasteiger charge is 2.26. The molecule has 0 aromatic heterocycles. The van der Waals surface area contributed by atoms with Crippen molar-refractivity contribution in [2.75, 3.05) is 13.3 Å². The second kappa shape index (κ2) is 6.37. The van der Waals surface area contributed by atoms with E-state index in [2.05, 4.69) is 12.2 Å². The Bertz CT molecular complexity index is 509. The van der Waals surface area contributed by atoms with E-state index in [-0.39, 0.29) is 11.8 Å². The average molecular weight is 289 g/mol. The number of carbonyl (C=O) groups is 1. The molecule has 114 valence electrons. The number of carbonyl (C=O) groups excluding carboxylic acids is 1. The molecule has 1 saturated carbocycles. The third kappa shape index (κ3) is 3.31. The molecule has 0 bridgehead atoms. The van der Waals surface area contributed by atoms with Gasteiger partial charge in [-0.3, -0.25) is 4.79 Å². The van der Waals surface area contributed by atoms with Crippen molar-refractivity contribution in [2.45, 2.75) is 39.0 Å². The van der Waals surface area contributed by atoms with Gasteiger partial charge in [0.05, 0.1) is 0 Å². The Morgan fingerprint density at radius 2 is 2.05 bits per heavy atom. The van der Waals surface area contributed by atoms with Crippen molar-refractivity contribution >= 4 is 5.91 Å². The van der Waals surface area contributed by atoms with Crippen molar-refractivity contribution in [3.8, 4) is 11.5 Å². The maximum atomic E-state index is 12.2. The quantitative estimate of drug-likeness (QED) is 0.906. The van der Waals surface area contributed by atoms with Crippen LogP contribution in [-0.4, -0.2) is 19.2 Å². The standard InChI is InChI=1S/C17H23NO3/c1-12(14-4-2-3-5-14)17(19)18-9-8-13-6-7-15-16(10-13)21-11-20-15/h6-7,10,12,14H,2-5,8-9,11H2,1H3,(H,18,19). The molecule has 4 nitrogen and oxygen atoms in total. The molecule has 1 amide bonds. The Morgan fingerprint density at radius 3 is 2.86 bits per heavy atom. The van der Waals surface area contributed by atoms with Gasteiger partial charge in [-0.25, -0.2) is 0 Å². The van der Waals surface area contributed by atoms with E-state index in [1.165, 1.54) is 25.7 Å². The van der Waals surface area contributed by atoms with Gasteiger partial charge < -0.3 is 14.8 Å². The number of benzene rings is 1. The average Bonchev–Trinajstić information content (AvgIpc) is 3.17. The lowest BCUT2D eigenvalue weighted by atomic mass is 9.92. The SMILES string of the molecule is CC(C(=O)NCCc1ccc2c(c1)OCO2)C1CCCC1. The molecule has 0 saturated heterocycles. The van der Waals surface area contributed by atoms with E-state index < -0.39 is 0 Å². The van der Waals surface area contributed by atoms with Gasteiger partial charge in [0.25, 0.3) is 0 Å². The van der Waals surface area contributed by atoms with E-state index in [4.69, 9.17) is 9.47 Å². The van der Waals surface area contributed by atoms with Crippen LogP contribution in [0, 0.1) is 11.8 Å². The van der Waals surface area contributed by atoms with Crippen LogP contribution in [0.1, 0.15) is 38.2 Å². The van der Waals surface area contributed by atoms with Crippen molar-refractivity contribution < 1.29 is 14.3 Å². The molecule has 1 aromatic rings. The summed E-state index contributed by atoms with van der Waals surface area (Å²) in [5.41, 5.74) is 1.16. The zero-order chi connectivity index (χ0) is 14.7. The molecule has 1 aliphatic heterocycles. The van der Waals surface area contributed by atoms with Gasteiger partial charge in [-0.1, -0.05) is 25.8 Å². The summed E-state index contributed by atoms with van der Waals surface area (Å²) < 4.78 is 10.7. The lowest BCUT2D eigenvalue weighted by Gasteiger charge is -2.18. The second-order valence-electron chi connectivity index (χ2n) is 6.06. The number of fused-ring (bicyclic) bond motifs is 1. The molecule has 1 N–H and O–H groups in total. The Kier molecular flexibility index (Phi) is 4.32. The zero-order valence-corrected chi connectivity index (χ0v) is 12.6. The first-order valence-electron chi connectivity index (χ1n) is 7.90. The fraction of sp³-hybridized carbons (Fsp3) is 0.588. The van der Waals surface area contributed by atoms with Crippen LogP contribution < -0.4 is 14.8 Å². The topological polar surface area (TPSA) is 47.6 Å². The van der Waals surface area contributed by atoms with Crippen LogP contribution in [-0.2, 0) is 11.2 Å². The van der Waals surface area contributed by atoms with E-state index in [0.29, 0.717) is 19.3 Å². The first-order valence-corrected chi connectivity index (χ1v) is 7.90. The van der Waals surface area contributed by atoms with Crippen LogP contribution >= 0.6 is 0 Å². The minimum absolute atomic E-state index is 0.143. The molecule has 1 aromatic carbocycles. The summed E-state index contributed by atoms with van der Waals surface area (Å²) in [5, 5.41) is 3.06. The summed E-state index contributed by atoms with van der Waals surface area (Å²) in [6.45, 7) is 3.04. The number of hydrogen-bond acceptors (Lipinski definition) is 3. The minimum atomic E-state index is 0.143. The molecule has 1 atom stereocenters. The van der Waals surface area contributed by atoms with Gasteiger partial charge in [0.1, 0.15) is 0 Å². The van der Waals surface area contributed by atoms with Gasteiger partial charge in [0.15, 0.2) is 11.5 Å². The molecule has 1 fully saturated rings. The van der Waals surface area contributed by atoms with Crippen molar-refractivity contribution in [1.82, 2.24) is 5.32 Å². The largest absolute Gasteiger partial charge is 0.454 e. The molecule has 1 unspecified atom stereocenters. The summed E-state index contributed by atoms with van der Waals surface area (Å²) in [5.74, 6) is 2.53. The predicted molar refractivity (Wildman–Crippen MR) is 80.4 cm³/mol. The number of hydrogen-bond donors (Lipinski definition) is 1. The molecular formula is C17H23NO3. The molecule has 1 aliphatic carbocycles. The molecular weight excluding hydrogens is 266 g/mol. The Balaban J connectivity index is 1.46. The molecule has 0 radical (unpaired) electrons. The van der Waals surface area contributed by atoms with E-state index >= 15 is 0 Å². The van der Waals surface area contributed by atoms with E-state index in [1.54, 1.807) is 0 Å². The molecule has 21 heavy (non-hydrogen) atoms. The third-order valence-corrected chi connectivity index (χ3v) is 4.67. The van der Waals surface area contributed by atoms with Crippen molar-refractivity contribution in [2.24, 2.45) is 11.8 Å². The molecule has 2 aliphatic rings. The molecule has 3 rings (SSSR count). The first-order chi connectivity index (χ1) is 10.2. The molecule has 0 spiro atoms. The highest BCUT2D eigenvalue weighted by Crippen LogP contribution is 2.33. The fourth-order valence-electron chi connectivity index (χ4n) is 3.26. The monoisotopic (exact) mass is 289 g/mol. The first kappa shape index (κ1) is 14.2. The van der Waals surface area contributed by atoms with Gasteiger partial charge in [0.2, 0.25) is 12.7 Å². The maximum absolute atomic E-state index is 12.2. The van der Waals surface area contributed by atoms with Gasteiger partial charge in [0, 0.05) is 12.5 Å². The van der Waals surface area contributed by atoms with E-state index in [0.717, 1.165) is 23.5 Å². The van der Waals surface area contributed by atoms with Crippen LogP contribution in [0.15, 0.2) is 18.2 Å². The van der Waals surface area contributed by atoms with E-state index in [9.17, 15) is 4.79 Å². The highest BCUT2D eigenvalue weighted by molar-refractivity contribution is 5.78. The predicted octanol–water partition coefficient (Wildman–Crippen LogP) is 2.90. The maximum Gasteiger partial charge on any atom is 0.231 e. The summed E-state index contributed by atoms with van der Waals surface area (Å²) in [6.07, 6.45) is 5.78. The minimum Gasteiger partial charge on any atom is -0.454 e. The fourth-order valence-corrected chi connectivity index (χ4v) is 3.26. The number of rotatable bonds is 5.